The maximum atomic E-state index is 12.7. The molecule has 0 saturated heterocycles. The molecule has 4 nitrogen and oxygen atoms in total. The molecule has 1 amide bonds. The SMILES string of the molecule is Cc1cc(N)cc(C(=O)N(CCC#N)c2ccccc2)c1. The number of nitrogens with zero attached hydrogens (tertiary/aromatic N) is 2. The number of amides is 1. The van der Waals surface area contributed by atoms with E-state index in [1.165, 1.54) is 0 Å². The Morgan fingerprint density at radius 2 is 1.95 bits per heavy atom. The molecule has 106 valence electrons. The lowest BCUT2D eigenvalue weighted by atomic mass is 10.1. The summed E-state index contributed by atoms with van der Waals surface area (Å²) in [4.78, 5) is 14.3. The van der Waals surface area contributed by atoms with Crippen LogP contribution in [0.15, 0.2) is 48.5 Å². The number of nitrogens with two attached hydrogens (primary N) is 1. The molecule has 0 spiro atoms. The van der Waals surface area contributed by atoms with Crippen LogP contribution in [-0.4, -0.2) is 12.5 Å². The van der Waals surface area contributed by atoms with E-state index in [1.54, 1.807) is 17.0 Å². The molecule has 0 aliphatic heterocycles. The monoisotopic (exact) mass is 279 g/mol. The molecule has 4 heteroatoms. The van der Waals surface area contributed by atoms with Crippen LogP contribution in [0.4, 0.5) is 11.4 Å². The van der Waals surface area contributed by atoms with E-state index < -0.39 is 0 Å². The van der Waals surface area contributed by atoms with Gasteiger partial charge < -0.3 is 10.6 Å². The van der Waals surface area contributed by atoms with Gasteiger partial charge in [-0.3, -0.25) is 4.79 Å². The van der Waals surface area contributed by atoms with E-state index in [2.05, 4.69) is 6.07 Å². The van der Waals surface area contributed by atoms with Gasteiger partial charge in [0.2, 0.25) is 0 Å². The van der Waals surface area contributed by atoms with Crippen LogP contribution in [0.3, 0.4) is 0 Å². The summed E-state index contributed by atoms with van der Waals surface area (Å²) in [6, 6.07) is 16.7. The fourth-order valence-corrected chi connectivity index (χ4v) is 2.21. The number of aryl methyl sites for hydroxylation is 1. The number of anilines is 2. The normalized spacial score (nSPS) is 9.90. The first-order valence-corrected chi connectivity index (χ1v) is 6.73. The molecule has 21 heavy (non-hydrogen) atoms. The average molecular weight is 279 g/mol. The highest BCUT2D eigenvalue weighted by Gasteiger charge is 2.17. The van der Waals surface area contributed by atoms with Crippen LogP contribution >= 0.6 is 0 Å². The summed E-state index contributed by atoms with van der Waals surface area (Å²) in [6.45, 7) is 2.25. The third-order valence-corrected chi connectivity index (χ3v) is 3.11. The van der Waals surface area contributed by atoms with E-state index in [-0.39, 0.29) is 12.3 Å². The molecule has 0 aliphatic carbocycles. The average Bonchev–Trinajstić information content (AvgIpc) is 2.47. The fourth-order valence-electron chi connectivity index (χ4n) is 2.21. The van der Waals surface area contributed by atoms with Crippen LogP contribution < -0.4 is 10.6 Å². The molecule has 2 rings (SSSR count). The van der Waals surface area contributed by atoms with Crippen molar-refractivity contribution in [2.24, 2.45) is 0 Å². The van der Waals surface area contributed by atoms with Gasteiger partial charge in [0.05, 0.1) is 12.5 Å². The Morgan fingerprint density at radius 1 is 1.24 bits per heavy atom. The van der Waals surface area contributed by atoms with Crippen molar-refractivity contribution < 1.29 is 4.79 Å². The summed E-state index contributed by atoms with van der Waals surface area (Å²) in [7, 11) is 0. The lowest BCUT2D eigenvalue weighted by Crippen LogP contribution is -2.31. The summed E-state index contributed by atoms with van der Waals surface area (Å²) < 4.78 is 0. The van der Waals surface area contributed by atoms with E-state index in [0.717, 1.165) is 11.3 Å². The molecular formula is C17H17N3O. The molecule has 2 aromatic rings. The van der Waals surface area contributed by atoms with Crippen molar-refractivity contribution in [2.45, 2.75) is 13.3 Å². The second-order valence-corrected chi connectivity index (χ2v) is 4.83. The second-order valence-electron chi connectivity index (χ2n) is 4.83. The van der Waals surface area contributed by atoms with Gasteiger partial charge in [-0.1, -0.05) is 18.2 Å². The Bertz CT molecular complexity index is 654. The van der Waals surface area contributed by atoms with Gasteiger partial charge in [0.1, 0.15) is 0 Å². The number of carbonyl (C=O) groups excluding carboxylic acids is 1. The maximum Gasteiger partial charge on any atom is 0.258 e. The van der Waals surface area contributed by atoms with Crippen molar-refractivity contribution in [3.05, 3.63) is 59.7 Å². The number of hydrogen-bond acceptors (Lipinski definition) is 3. The smallest absolute Gasteiger partial charge is 0.258 e. The fraction of sp³-hybridized carbons (Fsp3) is 0.176. The van der Waals surface area contributed by atoms with Gasteiger partial charge in [-0.15, -0.1) is 0 Å². The number of para-hydroxylation sites is 1. The van der Waals surface area contributed by atoms with Crippen molar-refractivity contribution in [3.63, 3.8) is 0 Å². The van der Waals surface area contributed by atoms with Gasteiger partial charge in [0, 0.05) is 23.5 Å². The summed E-state index contributed by atoms with van der Waals surface area (Å²) in [5.41, 5.74) is 8.62. The Labute approximate surface area is 124 Å². The quantitative estimate of drug-likeness (QED) is 0.874. The largest absolute Gasteiger partial charge is 0.399 e. The zero-order chi connectivity index (χ0) is 15.2. The summed E-state index contributed by atoms with van der Waals surface area (Å²) >= 11 is 0. The van der Waals surface area contributed by atoms with Crippen LogP contribution in [0.5, 0.6) is 0 Å². The molecule has 0 aliphatic rings. The molecule has 0 bridgehead atoms. The summed E-state index contributed by atoms with van der Waals surface area (Å²) in [5.74, 6) is -0.146. The van der Waals surface area contributed by atoms with Crippen molar-refractivity contribution in [1.29, 1.82) is 5.26 Å². The zero-order valence-corrected chi connectivity index (χ0v) is 11.9. The van der Waals surface area contributed by atoms with Gasteiger partial charge in [-0.25, -0.2) is 0 Å². The van der Waals surface area contributed by atoms with Crippen LogP contribution in [0, 0.1) is 18.3 Å². The van der Waals surface area contributed by atoms with Crippen LogP contribution in [0.25, 0.3) is 0 Å². The van der Waals surface area contributed by atoms with Gasteiger partial charge in [-0.2, -0.15) is 5.26 Å². The third-order valence-electron chi connectivity index (χ3n) is 3.11. The Morgan fingerprint density at radius 3 is 2.57 bits per heavy atom. The molecule has 0 unspecified atom stereocenters. The van der Waals surface area contributed by atoms with Crippen LogP contribution in [0.1, 0.15) is 22.3 Å². The number of rotatable bonds is 4. The van der Waals surface area contributed by atoms with Crippen molar-refractivity contribution in [1.82, 2.24) is 0 Å². The number of hydrogen-bond donors (Lipinski definition) is 1. The van der Waals surface area contributed by atoms with Gasteiger partial charge in [0.25, 0.3) is 5.91 Å². The number of nitriles is 1. The van der Waals surface area contributed by atoms with Crippen LogP contribution in [-0.2, 0) is 0 Å². The Hall–Kier alpha value is -2.80. The topological polar surface area (TPSA) is 70.1 Å². The molecule has 0 saturated carbocycles. The van der Waals surface area contributed by atoms with Gasteiger partial charge in [-0.05, 0) is 42.8 Å². The Balaban J connectivity index is 2.36. The minimum absolute atomic E-state index is 0.146. The lowest BCUT2D eigenvalue weighted by Gasteiger charge is -2.22. The number of benzene rings is 2. The minimum Gasteiger partial charge on any atom is -0.399 e. The minimum atomic E-state index is -0.146. The van der Waals surface area contributed by atoms with Gasteiger partial charge in [0.15, 0.2) is 0 Å². The molecular weight excluding hydrogens is 262 g/mol. The standard InChI is InChI=1S/C17H17N3O/c1-13-10-14(12-15(19)11-13)17(21)20(9-5-8-18)16-6-3-2-4-7-16/h2-4,6-7,10-12H,5,9,19H2,1H3. The zero-order valence-electron chi connectivity index (χ0n) is 11.9. The van der Waals surface area contributed by atoms with E-state index in [9.17, 15) is 4.79 Å². The number of nitrogen functional groups attached to an aromatic ring is 1. The second kappa shape index (κ2) is 6.58. The first kappa shape index (κ1) is 14.6. The van der Waals surface area contributed by atoms with Crippen molar-refractivity contribution in [2.75, 3.05) is 17.2 Å². The Kier molecular flexibility index (Phi) is 4.57. The molecule has 0 aromatic heterocycles. The van der Waals surface area contributed by atoms with E-state index in [1.807, 2.05) is 43.3 Å². The van der Waals surface area contributed by atoms with E-state index in [4.69, 9.17) is 11.0 Å². The molecule has 2 N–H and O–H groups in total. The van der Waals surface area contributed by atoms with Gasteiger partial charge >= 0.3 is 0 Å². The summed E-state index contributed by atoms with van der Waals surface area (Å²) in [5, 5.41) is 8.79. The highest BCUT2D eigenvalue weighted by atomic mass is 16.2. The first-order chi connectivity index (χ1) is 10.1. The molecule has 0 atom stereocenters. The maximum absolute atomic E-state index is 12.7. The first-order valence-electron chi connectivity index (χ1n) is 6.73. The molecule has 0 radical (unpaired) electrons. The van der Waals surface area contributed by atoms with Crippen molar-refractivity contribution >= 4 is 17.3 Å². The van der Waals surface area contributed by atoms with Crippen LogP contribution in [0.2, 0.25) is 0 Å². The van der Waals surface area contributed by atoms with E-state index >= 15 is 0 Å². The predicted molar refractivity (Wildman–Crippen MR) is 83.9 cm³/mol. The number of carbonyl (C=O) groups is 1. The molecule has 0 heterocycles. The van der Waals surface area contributed by atoms with E-state index in [0.29, 0.717) is 17.8 Å². The van der Waals surface area contributed by atoms with Crippen molar-refractivity contribution in [3.8, 4) is 6.07 Å². The third kappa shape index (κ3) is 3.61. The summed E-state index contributed by atoms with van der Waals surface area (Å²) in [6.07, 6.45) is 0.280. The highest BCUT2D eigenvalue weighted by molar-refractivity contribution is 6.06. The predicted octanol–water partition coefficient (Wildman–Crippen LogP) is 3.14. The lowest BCUT2D eigenvalue weighted by molar-refractivity contribution is 0.0987. The highest BCUT2D eigenvalue weighted by Crippen LogP contribution is 2.19. The molecule has 0 fully saturated rings. The molecule has 2 aromatic carbocycles.